The molecule has 96 valence electrons. The molecule has 0 atom stereocenters. The minimum Gasteiger partial charge on any atom is -0.330 e. The fourth-order valence-electron chi connectivity index (χ4n) is 2.02. The van der Waals surface area contributed by atoms with Gasteiger partial charge in [-0.05, 0) is 56.6 Å². The number of halogens is 3. The van der Waals surface area contributed by atoms with Crippen molar-refractivity contribution in [1.29, 1.82) is 0 Å². The first-order chi connectivity index (χ1) is 7.51. The highest BCUT2D eigenvalue weighted by Gasteiger charge is 2.28. The Kier molecular flexibility index (Phi) is 5.92. The number of hydrogen-bond acceptors (Lipinski definition) is 3. The van der Waals surface area contributed by atoms with E-state index in [1.165, 1.54) is 0 Å². The van der Waals surface area contributed by atoms with Crippen molar-refractivity contribution >= 4 is 11.8 Å². The summed E-state index contributed by atoms with van der Waals surface area (Å²) in [5.74, 6) is 0.821. The Morgan fingerprint density at radius 2 is 1.88 bits per heavy atom. The summed E-state index contributed by atoms with van der Waals surface area (Å²) in [6.45, 7) is 3.10. The maximum atomic E-state index is 11.9. The van der Waals surface area contributed by atoms with E-state index >= 15 is 0 Å². The van der Waals surface area contributed by atoms with Crippen LogP contribution in [0.4, 0.5) is 13.2 Å². The molecule has 1 saturated heterocycles. The molecule has 1 aliphatic heterocycles. The van der Waals surface area contributed by atoms with Crippen LogP contribution >= 0.6 is 11.8 Å². The fraction of sp³-hybridized carbons (Fsp3) is 1.00. The van der Waals surface area contributed by atoms with Gasteiger partial charge in [0.2, 0.25) is 0 Å². The summed E-state index contributed by atoms with van der Waals surface area (Å²) in [6.07, 6.45) is 3.20. The van der Waals surface area contributed by atoms with Gasteiger partial charge in [0.05, 0.1) is 0 Å². The van der Waals surface area contributed by atoms with E-state index in [0.29, 0.717) is 19.0 Å². The molecule has 6 heteroatoms. The molecule has 1 rings (SSSR count). The third-order valence-corrected chi connectivity index (χ3v) is 3.67. The third kappa shape index (κ3) is 5.96. The molecule has 0 saturated carbocycles. The van der Waals surface area contributed by atoms with Crippen LogP contribution in [-0.4, -0.2) is 42.3 Å². The summed E-state index contributed by atoms with van der Waals surface area (Å²) in [4.78, 5) is 2.12. The highest BCUT2D eigenvalue weighted by Crippen LogP contribution is 2.30. The summed E-state index contributed by atoms with van der Waals surface area (Å²) in [5.41, 5.74) is 1.39. The van der Waals surface area contributed by atoms with E-state index in [0.717, 1.165) is 32.4 Å². The lowest BCUT2D eigenvalue weighted by molar-refractivity contribution is -0.0329. The second-order valence-corrected chi connectivity index (χ2v) is 5.32. The molecule has 1 fully saturated rings. The molecule has 2 N–H and O–H groups in total. The van der Waals surface area contributed by atoms with Crippen LogP contribution in [0.15, 0.2) is 0 Å². The van der Waals surface area contributed by atoms with Crippen LogP contribution in [0, 0.1) is 5.92 Å². The zero-order valence-corrected chi connectivity index (χ0v) is 10.1. The van der Waals surface area contributed by atoms with Crippen molar-refractivity contribution in [3.8, 4) is 0 Å². The molecule has 1 heterocycles. The van der Waals surface area contributed by atoms with Gasteiger partial charge in [-0.25, -0.2) is 0 Å². The first kappa shape index (κ1) is 14.1. The first-order valence-electron chi connectivity index (χ1n) is 5.64. The van der Waals surface area contributed by atoms with E-state index in [-0.39, 0.29) is 17.5 Å². The zero-order valence-electron chi connectivity index (χ0n) is 9.30. The Balaban J connectivity index is 2.08. The first-order valence-corrected chi connectivity index (χ1v) is 6.63. The lowest BCUT2D eigenvalue weighted by atomic mass is 9.94. The Bertz CT molecular complexity index is 191. The van der Waals surface area contributed by atoms with E-state index in [1.54, 1.807) is 0 Å². The van der Waals surface area contributed by atoms with E-state index in [4.69, 9.17) is 5.73 Å². The van der Waals surface area contributed by atoms with Crippen molar-refractivity contribution in [3.05, 3.63) is 0 Å². The summed E-state index contributed by atoms with van der Waals surface area (Å²) in [5, 5.41) is 0. The van der Waals surface area contributed by atoms with Crippen LogP contribution in [-0.2, 0) is 0 Å². The molecular formula is C10H19F3N2S. The fourth-order valence-corrected chi connectivity index (χ4v) is 2.61. The Morgan fingerprint density at radius 3 is 2.38 bits per heavy atom. The van der Waals surface area contributed by atoms with Crippen molar-refractivity contribution in [3.63, 3.8) is 0 Å². The van der Waals surface area contributed by atoms with Crippen LogP contribution in [0.2, 0.25) is 0 Å². The van der Waals surface area contributed by atoms with Gasteiger partial charge >= 0.3 is 5.51 Å². The second kappa shape index (κ2) is 6.71. The number of alkyl halides is 3. The third-order valence-electron chi connectivity index (χ3n) is 2.96. The molecule has 0 radical (unpaired) electrons. The van der Waals surface area contributed by atoms with Crippen LogP contribution < -0.4 is 5.73 Å². The zero-order chi connectivity index (χ0) is 12.0. The van der Waals surface area contributed by atoms with Gasteiger partial charge in [-0.1, -0.05) is 0 Å². The van der Waals surface area contributed by atoms with Gasteiger partial charge in [-0.2, -0.15) is 13.2 Å². The van der Waals surface area contributed by atoms with Gasteiger partial charge in [-0.15, -0.1) is 0 Å². The average Bonchev–Trinajstić information content (AvgIpc) is 2.19. The normalized spacial score (nSPS) is 20.2. The molecule has 0 aromatic heterocycles. The Morgan fingerprint density at radius 1 is 1.25 bits per heavy atom. The van der Waals surface area contributed by atoms with Gasteiger partial charge in [0.25, 0.3) is 0 Å². The van der Waals surface area contributed by atoms with Gasteiger partial charge in [0.1, 0.15) is 0 Å². The number of hydrogen-bond donors (Lipinski definition) is 1. The maximum absolute atomic E-state index is 11.9. The molecule has 0 bridgehead atoms. The van der Waals surface area contributed by atoms with E-state index in [1.807, 2.05) is 0 Å². The number of piperidine rings is 1. The predicted molar refractivity (Wildman–Crippen MR) is 61.3 cm³/mol. The Labute approximate surface area is 98.7 Å². The highest BCUT2D eigenvalue weighted by atomic mass is 32.2. The molecule has 0 spiro atoms. The second-order valence-electron chi connectivity index (χ2n) is 4.16. The predicted octanol–water partition coefficient (Wildman–Crippen LogP) is 2.30. The SMILES string of the molecule is NCCC1CCN(CCSC(F)(F)F)CC1. The van der Waals surface area contributed by atoms with Crippen molar-refractivity contribution in [2.45, 2.75) is 24.8 Å². The number of nitrogens with two attached hydrogens (primary N) is 1. The standard InChI is InChI=1S/C10H19F3N2S/c11-10(12,13)16-8-7-15-5-2-9(1-4-14)3-6-15/h9H,1-8,14H2. The minimum absolute atomic E-state index is 0.0766. The molecule has 1 aliphatic rings. The van der Waals surface area contributed by atoms with Crippen LogP contribution in [0.5, 0.6) is 0 Å². The quantitative estimate of drug-likeness (QED) is 0.818. The molecule has 0 unspecified atom stereocenters. The monoisotopic (exact) mass is 256 g/mol. The summed E-state index contributed by atoms with van der Waals surface area (Å²) >= 11 is 0.0766. The van der Waals surface area contributed by atoms with Crippen LogP contribution in [0.3, 0.4) is 0 Å². The number of likely N-dealkylation sites (tertiary alicyclic amines) is 1. The van der Waals surface area contributed by atoms with Crippen molar-refractivity contribution in [1.82, 2.24) is 4.90 Å². The summed E-state index contributed by atoms with van der Waals surface area (Å²) < 4.78 is 35.7. The van der Waals surface area contributed by atoms with Crippen LogP contribution in [0.1, 0.15) is 19.3 Å². The molecular weight excluding hydrogens is 237 g/mol. The molecule has 0 aliphatic carbocycles. The van der Waals surface area contributed by atoms with Crippen molar-refractivity contribution in [2.24, 2.45) is 11.7 Å². The number of rotatable bonds is 5. The van der Waals surface area contributed by atoms with E-state index in [2.05, 4.69) is 4.90 Å². The van der Waals surface area contributed by atoms with E-state index < -0.39 is 5.51 Å². The van der Waals surface area contributed by atoms with Gasteiger partial charge < -0.3 is 10.6 Å². The van der Waals surface area contributed by atoms with Crippen molar-refractivity contribution in [2.75, 3.05) is 31.9 Å². The highest BCUT2D eigenvalue weighted by molar-refractivity contribution is 8.00. The molecule has 0 amide bonds. The summed E-state index contributed by atoms with van der Waals surface area (Å²) in [7, 11) is 0. The molecule has 0 aromatic rings. The topological polar surface area (TPSA) is 29.3 Å². The maximum Gasteiger partial charge on any atom is 0.441 e. The lowest BCUT2D eigenvalue weighted by Crippen LogP contribution is -2.36. The van der Waals surface area contributed by atoms with E-state index in [9.17, 15) is 13.2 Å². The molecule has 0 aromatic carbocycles. The largest absolute Gasteiger partial charge is 0.441 e. The van der Waals surface area contributed by atoms with Gasteiger partial charge in [0, 0.05) is 12.3 Å². The van der Waals surface area contributed by atoms with Gasteiger partial charge in [-0.3, -0.25) is 0 Å². The van der Waals surface area contributed by atoms with Crippen LogP contribution in [0.25, 0.3) is 0 Å². The lowest BCUT2D eigenvalue weighted by Gasteiger charge is -2.31. The molecule has 16 heavy (non-hydrogen) atoms. The van der Waals surface area contributed by atoms with Gasteiger partial charge in [0.15, 0.2) is 0 Å². The average molecular weight is 256 g/mol. The summed E-state index contributed by atoms with van der Waals surface area (Å²) in [6, 6.07) is 0. The smallest absolute Gasteiger partial charge is 0.330 e. The minimum atomic E-state index is -4.09. The number of thioether (sulfide) groups is 1. The van der Waals surface area contributed by atoms with Crippen molar-refractivity contribution < 1.29 is 13.2 Å². The Hall–Kier alpha value is 0.0600. The molecule has 2 nitrogen and oxygen atoms in total. The number of nitrogens with zero attached hydrogens (tertiary/aromatic N) is 1.